The fourth-order valence-electron chi connectivity index (χ4n) is 2.09. The van der Waals surface area contributed by atoms with E-state index in [0.29, 0.717) is 22.9 Å². The average molecular weight is 319 g/mol. The first-order valence-corrected chi connectivity index (χ1v) is 6.94. The van der Waals surface area contributed by atoms with Crippen molar-refractivity contribution in [1.29, 1.82) is 0 Å². The zero-order chi connectivity index (χ0) is 16.3. The van der Waals surface area contributed by atoms with Crippen molar-refractivity contribution in [2.75, 3.05) is 5.01 Å². The first-order chi connectivity index (χ1) is 10.5. The van der Waals surface area contributed by atoms with Gasteiger partial charge in [0.1, 0.15) is 0 Å². The molecule has 0 unspecified atom stereocenters. The standard InChI is InChI=1S/C15H15ClN4O2/c1-10(2)15-17-13(18-22)7-8-19(15)20(9-21)14-11(3)5-4-6-12(14)16/h4-9H,1-3H3. The number of aryl methyl sites for hydroxylation is 1. The lowest BCUT2D eigenvalue weighted by atomic mass is 10.2. The third-order valence-electron chi connectivity index (χ3n) is 3.09. The van der Waals surface area contributed by atoms with Crippen molar-refractivity contribution in [3.05, 3.63) is 57.4 Å². The number of nitroso groups, excluding NO2 is 1. The molecule has 0 aliphatic carbocycles. The molecule has 0 bridgehead atoms. The summed E-state index contributed by atoms with van der Waals surface area (Å²) in [5, 5.41) is 6.15. The van der Waals surface area contributed by atoms with Crippen LogP contribution in [0.1, 0.15) is 19.4 Å². The van der Waals surface area contributed by atoms with Crippen LogP contribution in [-0.4, -0.2) is 17.3 Å². The van der Waals surface area contributed by atoms with E-state index in [9.17, 15) is 9.70 Å². The molecule has 1 amide bonds. The summed E-state index contributed by atoms with van der Waals surface area (Å²) in [5.41, 5.74) is 2.21. The summed E-state index contributed by atoms with van der Waals surface area (Å²) in [6.07, 6.45) is 3.64. The zero-order valence-electron chi connectivity index (χ0n) is 12.4. The molecule has 0 N–H and O–H groups in total. The van der Waals surface area contributed by atoms with E-state index in [1.165, 1.54) is 16.1 Å². The number of hydrazine groups is 1. The van der Waals surface area contributed by atoms with Gasteiger partial charge < -0.3 is 0 Å². The Kier molecular flexibility index (Phi) is 4.72. The van der Waals surface area contributed by atoms with Crippen LogP contribution in [0.25, 0.3) is 0 Å². The third kappa shape index (κ3) is 2.92. The minimum absolute atomic E-state index is 0.0502. The molecular weight excluding hydrogens is 304 g/mol. The normalized spacial score (nSPS) is 13.7. The van der Waals surface area contributed by atoms with Gasteiger partial charge in [-0.3, -0.25) is 4.79 Å². The van der Waals surface area contributed by atoms with E-state index < -0.39 is 0 Å². The molecule has 1 aromatic carbocycles. The summed E-state index contributed by atoms with van der Waals surface area (Å²) >= 11 is 6.23. The maximum Gasteiger partial charge on any atom is 0.233 e. The number of hydrogen-bond acceptors (Lipinski definition) is 5. The van der Waals surface area contributed by atoms with E-state index >= 15 is 0 Å². The van der Waals surface area contributed by atoms with Gasteiger partial charge in [0.15, 0.2) is 11.7 Å². The monoisotopic (exact) mass is 318 g/mol. The summed E-state index contributed by atoms with van der Waals surface area (Å²) in [5.74, 6) is 0.498. The van der Waals surface area contributed by atoms with Gasteiger partial charge in [-0.05, 0) is 43.2 Å². The minimum atomic E-state index is 0.0502. The van der Waals surface area contributed by atoms with Crippen molar-refractivity contribution in [3.63, 3.8) is 0 Å². The van der Waals surface area contributed by atoms with Crippen molar-refractivity contribution in [2.24, 2.45) is 10.2 Å². The van der Waals surface area contributed by atoms with Gasteiger partial charge in [-0.2, -0.15) is 0 Å². The summed E-state index contributed by atoms with van der Waals surface area (Å²) in [4.78, 5) is 26.5. The van der Waals surface area contributed by atoms with Gasteiger partial charge in [-0.1, -0.05) is 23.7 Å². The lowest BCUT2D eigenvalue weighted by molar-refractivity contribution is -0.109. The van der Waals surface area contributed by atoms with Crippen LogP contribution in [0.5, 0.6) is 0 Å². The Morgan fingerprint density at radius 3 is 2.68 bits per heavy atom. The number of amides is 1. The highest BCUT2D eigenvalue weighted by Gasteiger charge is 2.24. The van der Waals surface area contributed by atoms with Crippen LogP contribution in [0.15, 0.2) is 52.0 Å². The largest absolute Gasteiger partial charge is 0.276 e. The van der Waals surface area contributed by atoms with E-state index in [-0.39, 0.29) is 5.84 Å². The minimum Gasteiger partial charge on any atom is -0.276 e. The number of anilines is 1. The average Bonchev–Trinajstić information content (AvgIpc) is 2.50. The summed E-state index contributed by atoms with van der Waals surface area (Å²) in [6.45, 7) is 5.51. The molecule has 0 saturated heterocycles. The third-order valence-corrected chi connectivity index (χ3v) is 3.40. The number of carbonyl (C=O) groups is 1. The second-order valence-corrected chi connectivity index (χ2v) is 5.31. The molecule has 0 aromatic heterocycles. The maximum atomic E-state index is 11.7. The van der Waals surface area contributed by atoms with E-state index in [2.05, 4.69) is 10.2 Å². The molecule has 114 valence electrons. The lowest BCUT2D eigenvalue weighted by Gasteiger charge is -2.34. The predicted molar refractivity (Wildman–Crippen MR) is 87.3 cm³/mol. The molecule has 1 aliphatic heterocycles. The Balaban J connectivity index is 2.55. The summed E-state index contributed by atoms with van der Waals surface area (Å²) < 4.78 is 0. The second-order valence-electron chi connectivity index (χ2n) is 4.90. The van der Waals surface area contributed by atoms with Crippen LogP contribution in [-0.2, 0) is 4.79 Å². The number of para-hydroxylation sites is 1. The maximum absolute atomic E-state index is 11.7. The molecule has 7 heteroatoms. The number of amidine groups is 1. The molecule has 1 heterocycles. The molecular formula is C15H15ClN4O2. The highest BCUT2D eigenvalue weighted by Crippen LogP contribution is 2.32. The van der Waals surface area contributed by atoms with Gasteiger partial charge in [0.05, 0.1) is 10.7 Å². The Hall–Kier alpha value is -2.47. The first-order valence-electron chi connectivity index (χ1n) is 6.56. The van der Waals surface area contributed by atoms with Crippen LogP contribution in [0, 0.1) is 11.8 Å². The van der Waals surface area contributed by atoms with Crippen LogP contribution in [0.4, 0.5) is 5.69 Å². The molecule has 22 heavy (non-hydrogen) atoms. The van der Waals surface area contributed by atoms with Crippen LogP contribution >= 0.6 is 11.6 Å². The Morgan fingerprint density at radius 2 is 2.14 bits per heavy atom. The molecule has 0 atom stereocenters. The molecule has 1 aliphatic rings. The van der Waals surface area contributed by atoms with Crippen molar-refractivity contribution in [2.45, 2.75) is 20.8 Å². The molecule has 0 spiro atoms. The van der Waals surface area contributed by atoms with Gasteiger partial charge in [0.25, 0.3) is 0 Å². The molecule has 2 rings (SSSR count). The van der Waals surface area contributed by atoms with Crippen molar-refractivity contribution in [1.82, 2.24) is 5.01 Å². The van der Waals surface area contributed by atoms with Gasteiger partial charge in [0.2, 0.25) is 6.41 Å². The topological polar surface area (TPSA) is 65.3 Å². The van der Waals surface area contributed by atoms with Gasteiger partial charge in [-0.15, -0.1) is 4.91 Å². The number of benzene rings is 1. The smallest absolute Gasteiger partial charge is 0.233 e. The molecule has 6 nitrogen and oxygen atoms in total. The number of carbonyl (C=O) groups excluding carboxylic acids is 1. The number of hydrogen-bond donors (Lipinski definition) is 0. The number of halogens is 1. The van der Waals surface area contributed by atoms with Gasteiger partial charge in [0, 0.05) is 12.3 Å². The number of nitrogens with zero attached hydrogens (tertiary/aromatic N) is 4. The fourth-order valence-corrected chi connectivity index (χ4v) is 2.40. The number of allylic oxidation sites excluding steroid dienone is 1. The van der Waals surface area contributed by atoms with Crippen molar-refractivity contribution >= 4 is 29.5 Å². The van der Waals surface area contributed by atoms with Crippen LogP contribution < -0.4 is 5.01 Å². The Labute approximate surface area is 133 Å². The quantitative estimate of drug-likeness (QED) is 0.629. The van der Waals surface area contributed by atoms with Gasteiger partial charge >= 0.3 is 0 Å². The van der Waals surface area contributed by atoms with Crippen molar-refractivity contribution in [3.8, 4) is 0 Å². The lowest BCUT2D eigenvalue weighted by Crippen LogP contribution is -2.39. The van der Waals surface area contributed by atoms with E-state index in [1.54, 1.807) is 12.3 Å². The van der Waals surface area contributed by atoms with Gasteiger partial charge in [-0.25, -0.2) is 15.0 Å². The molecule has 1 aromatic rings. The van der Waals surface area contributed by atoms with Crippen molar-refractivity contribution < 1.29 is 4.79 Å². The fraction of sp³-hybridized carbons (Fsp3) is 0.200. The SMILES string of the molecule is CC(C)=C1N=C(N=O)C=CN1N(C=O)c1c(C)cccc1Cl. The first kappa shape index (κ1) is 15.9. The number of aliphatic imine (C=N–C) groups is 1. The van der Waals surface area contributed by atoms with E-state index in [1.807, 2.05) is 32.9 Å². The van der Waals surface area contributed by atoms with E-state index in [0.717, 1.165) is 11.1 Å². The molecule has 0 radical (unpaired) electrons. The number of rotatable bonds is 3. The predicted octanol–water partition coefficient (Wildman–Crippen LogP) is 3.77. The molecule has 0 saturated carbocycles. The summed E-state index contributed by atoms with van der Waals surface area (Å²) in [7, 11) is 0. The zero-order valence-corrected chi connectivity index (χ0v) is 13.2. The van der Waals surface area contributed by atoms with Crippen LogP contribution in [0.2, 0.25) is 5.02 Å². The highest BCUT2D eigenvalue weighted by atomic mass is 35.5. The highest BCUT2D eigenvalue weighted by molar-refractivity contribution is 6.33. The van der Waals surface area contributed by atoms with Crippen LogP contribution in [0.3, 0.4) is 0 Å². The Bertz CT molecular complexity index is 685. The molecule has 0 fully saturated rings. The summed E-state index contributed by atoms with van der Waals surface area (Å²) in [6, 6.07) is 5.37. The van der Waals surface area contributed by atoms with E-state index in [4.69, 9.17) is 11.6 Å². The second kappa shape index (κ2) is 6.53. The Morgan fingerprint density at radius 1 is 1.41 bits per heavy atom.